The summed E-state index contributed by atoms with van der Waals surface area (Å²) in [5.74, 6) is 2.62. The summed E-state index contributed by atoms with van der Waals surface area (Å²) < 4.78 is 5.45. The maximum absolute atomic E-state index is 9.60. The minimum Gasteiger partial charge on any atom is -0.389 e. The number of rotatable bonds is 6. The van der Waals surface area contributed by atoms with Crippen molar-refractivity contribution in [2.24, 2.45) is 0 Å². The standard InChI is InChI=1S/C12H23NO2/c1-6-10(7-2)13-8-11(14)9-15-12(3,4)5/h1,10-11,13-14H,7-9H2,2-5H3. The van der Waals surface area contributed by atoms with E-state index in [0.29, 0.717) is 13.2 Å². The van der Waals surface area contributed by atoms with Crippen LogP contribution < -0.4 is 5.32 Å². The molecular formula is C12H23NO2. The molecule has 3 heteroatoms. The van der Waals surface area contributed by atoms with Gasteiger partial charge in [-0.25, -0.2) is 0 Å². The highest BCUT2D eigenvalue weighted by molar-refractivity contribution is 4.97. The van der Waals surface area contributed by atoms with Crippen LogP contribution in [0.25, 0.3) is 0 Å². The molecule has 2 atom stereocenters. The Hall–Kier alpha value is -0.560. The van der Waals surface area contributed by atoms with Crippen LogP contribution in [0.5, 0.6) is 0 Å². The molecule has 0 bridgehead atoms. The molecule has 0 heterocycles. The minimum absolute atomic E-state index is 0.0364. The fourth-order valence-corrected chi connectivity index (χ4v) is 1.00. The largest absolute Gasteiger partial charge is 0.389 e. The highest BCUT2D eigenvalue weighted by Crippen LogP contribution is 2.06. The molecular weight excluding hydrogens is 190 g/mol. The van der Waals surface area contributed by atoms with Crippen molar-refractivity contribution in [3.05, 3.63) is 0 Å². The summed E-state index contributed by atoms with van der Waals surface area (Å²) in [7, 11) is 0. The van der Waals surface area contributed by atoms with Crippen LogP contribution in [0.4, 0.5) is 0 Å². The topological polar surface area (TPSA) is 41.5 Å². The summed E-state index contributed by atoms with van der Waals surface area (Å²) in [4.78, 5) is 0. The van der Waals surface area contributed by atoms with E-state index in [1.807, 2.05) is 27.7 Å². The Morgan fingerprint density at radius 2 is 2.07 bits per heavy atom. The molecule has 0 saturated heterocycles. The van der Waals surface area contributed by atoms with Crippen molar-refractivity contribution in [1.29, 1.82) is 0 Å². The Morgan fingerprint density at radius 1 is 1.47 bits per heavy atom. The van der Waals surface area contributed by atoms with Gasteiger partial charge in [-0.15, -0.1) is 6.42 Å². The number of aliphatic hydroxyl groups is 1. The van der Waals surface area contributed by atoms with Crippen molar-refractivity contribution in [3.8, 4) is 12.3 Å². The van der Waals surface area contributed by atoms with Crippen LogP contribution in [0.15, 0.2) is 0 Å². The lowest BCUT2D eigenvalue weighted by Crippen LogP contribution is -2.38. The molecule has 0 aromatic rings. The monoisotopic (exact) mass is 213 g/mol. The molecule has 0 aliphatic carbocycles. The van der Waals surface area contributed by atoms with Gasteiger partial charge in [-0.2, -0.15) is 0 Å². The normalized spacial score (nSPS) is 15.7. The van der Waals surface area contributed by atoms with Gasteiger partial charge in [0.25, 0.3) is 0 Å². The smallest absolute Gasteiger partial charge is 0.0898 e. The molecule has 2 unspecified atom stereocenters. The van der Waals surface area contributed by atoms with Gasteiger partial charge < -0.3 is 15.2 Å². The molecule has 15 heavy (non-hydrogen) atoms. The van der Waals surface area contributed by atoms with Crippen molar-refractivity contribution in [2.45, 2.75) is 51.9 Å². The molecule has 88 valence electrons. The third-order valence-corrected chi connectivity index (χ3v) is 1.92. The highest BCUT2D eigenvalue weighted by Gasteiger charge is 2.14. The second-order valence-electron chi connectivity index (χ2n) is 4.61. The van der Waals surface area contributed by atoms with Crippen molar-refractivity contribution >= 4 is 0 Å². The van der Waals surface area contributed by atoms with E-state index in [4.69, 9.17) is 11.2 Å². The molecule has 0 aromatic carbocycles. The first kappa shape index (κ1) is 14.4. The van der Waals surface area contributed by atoms with Gasteiger partial charge in [0.05, 0.1) is 24.4 Å². The Kier molecular flexibility index (Phi) is 6.58. The summed E-state index contributed by atoms with van der Waals surface area (Å²) in [6, 6.07) is 0.0364. The Labute approximate surface area is 93.2 Å². The van der Waals surface area contributed by atoms with Crippen LogP contribution in [0.1, 0.15) is 34.1 Å². The fourth-order valence-electron chi connectivity index (χ4n) is 1.00. The molecule has 0 rings (SSSR count). The fraction of sp³-hybridized carbons (Fsp3) is 0.833. The van der Waals surface area contributed by atoms with Gasteiger partial charge in [0.1, 0.15) is 0 Å². The van der Waals surface area contributed by atoms with Crippen molar-refractivity contribution < 1.29 is 9.84 Å². The van der Waals surface area contributed by atoms with E-state index in [-0.39, 0.29) is 11.6 Å². The molecule has 0 spiro atoms. The first-order valence-electron chi connectivity index (χ1n) is 5.40. The predicted molar refractivity (Wildman–Crippen MR) is 62.6 cm³/mol. The maximum Gasteiger partial charge on any atom is 0.0898 e. The summed E-state index contributed by atoms with van der Waals surface area (Å²) in [5, 5.41) is 12.7. The average Bonchev–Trinajstić information content (AvgIpc) is 2.15. The number of terminal acetylenes is 1. The lowest BCUT2D eigenvalue weighted by molar-refractivity contribution is -0.0481. The summed E-state index contributed by atoms with van der Waals surface area (Å²) in [6.07, 6.45) is 5.64. The van der Waals surface area contributed by atoms with E-state index in [2.05, 4.69) is 11.2 Å². The van der Waals surface area contributed by atoms with Gasteiger partial charge in [-0.1, -0.05) is 12.8 Å². The Balaban J connectivity index is 3.67. The van der Waals surface area contributed by atoms with Gasteiger partial charge in [0.2, 0.25) is 0 Å². The van der Waals surface area contributed by atoms with Crippen molar-refractivity contribution in [1.82, 2.24) is 5.32 Å². The van der Waals surface area contributed by atoms with Crippen LogP contribution >= 0.6 is 0 Å². The Bertz CT molecular complexity index is 203. The number of hydrogen-bond acceptors (Lipinski definition) is 3. The number of hydrogen-bond donors (Lipinski definition) is 2. The highest BCUT2D eigenvalue weighted by atomic mass is 16.5. The van der Waals surface area contributed by atoms with E-state index in [0.717, 1.165) is 6.42 Å². The van der Waals surface area contributed by atoms with Gasteiger partial charge in [0, 0.05) is 6.54 Å². The molecule has 0 radical (unpaired) electrons. The van der Waals surface area contributed by atoms with Crippen LogP contribution in [0, 0.1) is 12.3 Å². The van der Waals surface area contributed by atoms with Gasteiger partial charge in [-0.05, 0) is 27.2 Å². The zero-order chi connectivity index (χ0) is 11.9. The van der Waals surface area contributed by atoms with Crippen molar-refractivity contribution in [3.63, 3.8) is 0 Å². The molecule has 0 fully saturated rings. The van der Waals surface area contributed by atoms with E-state index in [9.17, 15) is 5.11 Å². The third kappa shape index (κ3) is 8.44. The molecule has 3 nitrogen and oxygen atoms in total. The maximum atomic E-state index is 9.60. The average molecular weight is 213 g/mol. The molecule has 2 N–H and O–H groups in total. The molecule has 0 aromatic heterocycles. The van der Waals surface area contributed by atoms with Crippen molar-refractivity contribution in [2.75, 3.05) is 13.2 Å². The number of aliphatic hydroxyl groups excluding tert-OH is 1. The lowest BCUT2D eigenvalue weighted by atomic mass is 10.2. The van der Waals surface area contributed by atoms with Gasteiger partial charge in [0.15, 0.2) is 0 Å². The van der Waals surface area contributed by atoms with Crippen LogP contribution in [0.2, 0.25) is 0 Å². The number of ether oxygens (including phenoxy) is 1. The number of nitrogens with one attached hydrogen (secondary N) is 1. The van der Waals surface area contributed by atoms with E-state index < -0.39 is 6.10 Å². The molecule has 0 amide bonds. The van der Waals surface area contributed by atoms with Crippen LogP contribution in [-0.2, 0) is 4.74 Å². The van der Waals surface area contributed by atoms with Gasteiger partial charge >= 0.3 is 0 Å². The minimum atomic E-state index is -0.508. The van der Waals surface area contributed by atoms with Crippen LogP contribution in [0.3, 0.4) is 0 Å². The summed E-state index contributed by atoms with van der Waals surface area (Å²) in [5.41, 5.74) is -0.211. The molecule has 0 aliphatic rings. The quantitative estimate of drug-likeness (QED) is 0.651. The second kappa shape index (κ2) is 6.84. The SMILES string of the molecule is C#CC(CC)NCC(O)COC(C)(C)C. The van der Waals surface area contributed by atoms with Gasteiger partial charge in [-0.3, -0.25) is 0 Å². The first-order chi connectivity index (χ1) is 6.89. The lowest BCUT2D eigenvalue weighted by Gasteiger charge is -2.22. The Morgan fingerprint density at radius 3 is 2.47 bits per heavy atom. The molecule has 0 saturated carbocycles. The van der Waals surface area contributed by atoms with E-state index in [1.54, 1.807) is 0 Å². The summed E-state index contributed by atoms with van der Waals surface area (Å²) in [6.45, 7) is 8.70. The van der Waals surface area contributed by atoms with E-state index >= 15 is 0 Å². The first-order valence-corrected chi connectivity index (χ1v) is 5.40. The summed E-state index contributed by atoms with van der Waals surface area (Å²) >= 11 is 0. The molecule has 0 aliphatic heterocycles. The predicted octanol–water partition coefficient (Wildman–Crippen LogP) is 1.16. The van der Waals surface area contributed by atoms with E-state index in [1.165, 1.54) is 0 Å². The second-order valence-corrected chi connectivity index (χ2v) is 4.61. The zero-order valence-electron chi connectivity index (χ0n) is 10.2. The zero-order valence-corrected chi connectivity index (χ0v) is 10.2. The third-order valence-electron chi connectivity index (χ3n) is 1.92. The van der Waals surface area contributed by atoms with Crippen LogP contribution in [-0.4, -0.2) is 36.0 Å².